The molecule has 482 valence electrons. The van der Waals surface area contributed by atoms with Crippen LogP contribution in [0.15, 0.2) is 267 Å². The second-order valence-electron chi connectivity index (χ2n) is 26.6. The second kappa shape index (κ2) is 21.3. The van der Waals surface area contributed by atoms with Crippen molar-refractivity contribution in [2.75, 3.05) is 19.6 Å². The average molecular weight is 1300 g/mol. The van der Waals surface area contributed by atoms with Crippen LogP contribution in [0.1, 0.15) is 44.5 Å². The summed E-state index contributed by atoms with van der Waals surface area (Å²) in [5, 5.41) is 14.4. The fourth-order valence-corrected chi connectivity index (χ4v) is 16.6. The molecule has 0 N–H and O–H groups in total. The largest absolute Gasteiger partial charge is 0.464 e. The third-order valence-electron chi connectivity index (χ3n) is 21.7. The van der Waals surface area contributed by atoms with E-state index in [4.69, 9.17) is 35.3 Å². The van der Waals surface area contributed by atoms with Gasteiger partial charge in [-0.2, -0.15) is 0 Å². The summed E-state index contributed by atoms with van der Waals surface area (Å²) in [7, 11) is 0. The van der Waals surface area contributed by atoms with Crippen LogP contribution in [-0.4, -0.2) is 0 Å². The van der Waals surface area contributed by atoms with Gasteiger partial charge in [0.1, 0.15) is 44.7 Å². The maximum absolute atomic E-state index is 6.19. The highest BCUT2D eigenvalue weighted by molar-refractivity contribution is 6.33. The van der Waals surface area contributed by atoms with Crippen molar-refractivity contribution in [1.29, 1.82) is 0 Å². The van der Waals surface area contributed by atoms with Gasteiger partial charge in [0.15, 0.2) is 0 Å². The van der Waals surface area contributed by atoms with Crippen molar-refractivity contribution in [2.45, 2.75) is 55.4 Å². The topological polar surface area (TPSA) is 118 Å². The lowest BCUT2D eigenvalue weighted by molar-refractivity contribution is 0.615. The molecule has 0 aliphatic carbocycles. The first-order valence-electron chi connectivity index (χ1n) is 33.7. The van der Waals surface area contributed by atoms with E-state index in [1.807, 2.05) is 0 Å². The Bertz CT molecular complexity index is 5650. The standard InChI is InChI=1S/C88H62N4O8/c1-47-55-29-37-93-79(55)21-13-67(47)89(68-14-22-80-56(48(68)2)30-38-94-80)75-45-76(90(69-15-23-81-57(49(69)3)31-39-95-81)70-16-24-82-58(50(70)4)32-40-96-82)64-11-12-66-78(92(73-19-27-85-61(53(73)7)35-43-99-85)74-20-28-86-62(54(74)8)36-44-100-86)46-77(65-10-9-63(75)87(64)88(65)66)91(71-17-25-83-59(51(71)5)33-41-97-83)72-18-26-84-60(52(72)6)34-42-98-84/h9-46H,1-8H3. The molecule has 0 saturated carbocycles. The van der Waals surface area contributed by atoms with E-state index in [0.29, 0.717) is 0 Å². The van der Waals surface area contributed by atoms with Crippen LogP contribution in [-0.2, 0) is 0 Å². The van der Waals surface area contributed by atoms with Gasteiger partial charge in [0.2, 0.25) is 0 Å². The molecule has 12 nitrogen and oxygen atoms in total. The lowest BCUT2D eigenvalue weighted by Gasteiger charge is -2.36. The summed E-state index contributed by atoms with van der Waals surface area (Å²) in [6.07, 6.45) is 14.3. The van der Waals surface area contributed by atoms with Crippen LogP contribution in [0.25, 0.3) is 120 Å². The molecule has 0 radical (unpaired) electrons. The van der Waals surface area contributed by atoms with Crippen molar-refractivity contribution in [2.24, 2.45) is 0 Å². The zero-order valence-corrected chi connectivity index (χ0v) is 56.0. The van der Waals surface area contributed by atoms with E-state index in [1.54, 1.807) is 50.1 Å². The Labute approximate surface area is 572 Å². The minimum absolute atomic E-state index is 0.809. The Hall–Kier alpha value is -12.8. The van der Waals surface area contributed by atoms with Crippen LogP contribution >= 0.6 is 0 Å². The molecule has 0 unspecified atom stereocenters. The van der Waals surface area contributed by atoms with E-state index in [0.717, 1.165) is 233 Å². The third kappa shape index (κ3) is 8.09. The van der Waals surface area contributed by atoms with Gasteiger partial charge >= 0.3 is 0 Å². The number of aryl methyl sites for hydroxylation is 8. The van der Waals surface area contributed by atoms with Crippen LogP contribution in [0.2, 0.25) is 0 Å². The van der Waals surface area contributed by atoms with Gasteiger partial charge in [0.05, 0.1) is 72.9 Å². The lowest BCUT2D eigenvalue weighted by Crippen LogP contribution is -2.18. The lowest BCUT2D eigenvalue weighted by atomic mass is 9.88. The quantitative estimate of drug-likeness (QED) is 0.108. The van der Waals surface area contributed by atoms with Crippen molar-refractivity contribution < 1.29 is 35.3 Å². The molecular formula is C88H62N4O8. The maximum Gasteiger partial charge on any atom is 0.134 e. The summed E-state index contributed by atoms with van der Waals surface area (Å²) >= 11 is 0. The second-order valence-corrected chi connectivity index (χ2v) is 26.6. The van der Waals surface area contributed by atoms with Crippen molar-refractivity contribution in [3.8, 4) is 0 Å². The summed E-state index contributed by atoms with van der Waals surface area (Å²) in [5.74, 6) is 0. The molecule has 8 aromatic heterocycles. The number of rotatable bonds is 12. The summed E-state index contributed by atoms with van der Waals surface area (Å²) in [6, 6.07) is 65.5. The van der Waals surface area contributed by atoms with Gasteiger partial charge in [-0.05, 0) is 258 Å². The highest BCUT2D eigenvalue weighted by Crippen LogP contribution is 2.58. The number of hydrogen-bond donors (Lipinski definition) is 0. The fourth-order valence-electron chi connectivity index (χ4n) is 16.6. The number of nitrogens with zero attached hydrogens (tertiary/aromatic N) is 4. The van der Waals surface area contributed by atoms with Gasteiger partial charge in [-0.3, -0.25) is 0 Å². The molecule has 8 heterocycles. The molecule has 0 amide bonds. The molecule has 12 heteroatoms. The summed E-state index contributed by atoms with van der Waals surface area (Å²) in [4.78, 5) is 9.93. The van der Waals surface area contributed by atoms with Crippen molar-refractivity contribution >= 4 is 188 Å². The van der Waals surface area contributed by atoms with Crippen LogP contribution in [0.4, 0.5) is 68.2 Å². The Morgan fingerprint density at radius 3 is 0.460 bits per heavy atom. The SMILES string of the molecule is Cc1c(N(c2ccc3occc3c2C)c2cc(N(c3ccc4occc4c3C)c3ccc4occc4c3C)c3ccc4c(N(c5ccc6occc6c5C)c5ccc6occc6c5C)cc(N(c5ccc6occc6c5C)c5ccc6occc6c5C)c5ccc2c3c54)ccc2occc12. The zero-order valence-electron chi connectivity index (χ0n) is 56.0. The molecule has 20 aromatic rings. The molecule has 0 aliphatic heterocycles. The van der Waals surface area contributed by atoms with E-state index < -0.39 is 0 Å². The molecule has 100 heavy (non-hydrogen) atoms. The summed E-state index contributed by atoms with van der Waals surface area (Å²) < 4.78 is 49.5. The molecule has 0 fully saturated rings. The molecule has 0 saturated heterocycles. The highest BCUT2D eigenvalue weighted by atomic mass is 16.3. The molecule has 12 aromatic carbocycles. The van der Waals surface area contributed by atoms with E-state index >= 15 is 0 Å². The summed E-state index contributed by atoms with van der Waals surface area (Å²) in [6.45, 7) is 17.7. The molecule has 0 bridgehead atoms. The number of benzene rings is 12. The zero-order chi connectivity index (χ0) is 67.1. The first kappa shape index (κ1) is 57.4. The van der Waals surface area contributed by atoms with Crippen LogP contribution in [0, 0.1) is 55.4 Å². The summed E-state index contributed by atoms with van der Waals surface area (Å²) in [5.41, 5.74) is 26.7. The van der Waals surface area contributed by atoms with Crippen molar-refractivity contribution in [3.05, 3.63) is 277 Å². The molecule has 0 spiro atoms. The van der Waals surface area contributed by atoms with Crippen LogP contribution < -0.4 is 19.6 Å². The Kier molecular flexibility index (Phi) is 12.3. The number of fused-ring (bicyclic) bond motifs is 8. The van der Waals surface area contributed by atoms with Crippen molar-refractivity contribution in [3.63, 3.8) is 0 Å². The monoisotopic (exact) mass is 1300 g/mol. The minimum Gasteiger partial charge on any atom is -0.464 e. The Balaban J connectivity index is 1.01. The Morgan fingerprint density at radius 2 is 0.310 bits per heavy atom. The number of anilines is 12. The van der Waals surface area contributed by atoms with Gasteiger partial charge in [0.25, 0.3) is 0 Å². The number of furan rings is 8. The molecule has 0 aliphatic rings. The van der Waals surface area contributed by atoms with E-state index in [2.05, 4.69) is 257 Å². The van der Waals surface area contributed by atoms with Gasteiger partial charge in [-0.25, -0.2) is 0 Å². The van der Waals surface area contributed by atoms with Gasteiger partial charge in [-0.1, -0.05) is 24.3 Å². The third-order valence-corrected chi connectivity index (χ3v) is 21.7. The van der Waals surface area contributed by atoms with Gasteiger partial charge in [-0.15, -0.1) is 0 Å². The molecule has 20 rings (SSSR count). The molecular weight excluding hydrogens is 1240 g/mol. The van der Waals surface area contributed by atoms with E-state index in [9.17, 15) is 0 Å². The first-order valence-corrected chi connectivity index (χ1v) is 33.7. The Morgan fingerprint density at radius 1 is 0.160 bits per heavy atom. The van der Waals surface area contributed by atoms with Gasteiger partial charge < -0.3 is 54.9 Å². The van der Waals surface area contributed by atoms with E-state index in [-0.39, 0.29) is 0 Å². The maximum atomic E-state index is 6.19. The normalized spacial score (nSPS) is 12.2. The highest BCUT2D eigenvalue weighted by Gasteiger charge is 2.34. The average Bonchev–Trinajstić information content (AvgIpc) is 0.927. The molecule has 0 atom stereocenters. The predicted octanol–water partition coefficient (Wildman–Crippen LogP) is 26.9. The first-order chi connectivity index (χ1) is 48.9. The van der Waals surface area contributed by atoms with Crippen LogP contribution in [0.3, 0.4) is 0 Å². The smallest absolute Gasteiger partial charge is 0.134 e. The van der Waals surface area contributed by atoms with Crippen LogP contribution in [0.5, 0.6) is 0 Å². The van der Waals surface area contributed by atoms with E-state index in [1.165, 1.54) is 0 Å². The predicted molar refractivity (Wildman–Crippen MR) is 405 cm³/mol. The van der Waals surface area contributed by atoms with Gasteiger partial charge in [0, 0.05) is 121 Å². The minimum atomic E-state index is 0.809. The fraction of sp³-hybridized carbons (Fsp3) is 0.0909. The number of hydrogen-bond acceptors (Lipinski definition) is 12. The van der Waals surface area contributed by atoms with Crippen molar-refractivity contribution in [1.82, 2.24) is 0 Å².